The van der Waals surface area contributed by atoms with Crippen LogP contribution in [0.3, 0.4) is 0 Å². The Bertz CT molecular complexity index is 790. The number of benzene rings is 1. The Labute approximate surface area is 132 Å². The molecule has 0 spiro atoms. The number of pyridine rings is 1. The van der Waals surface area contributed by atoms with Gasteiger partial charge in [-0.05, 0) is 37.3 Å². The van der Waals surface area contributed by atoms with Crippen LogP contribution in [-0.2, 0) is 10.0 Å². The number of carbonyl (C=O) groups excluding carboxylic acids is 1. The Morgan fingerprint density at radius 1 is 1.19 bits per heavy atom. The number of nitrogens with zero attached hydrogens (tertiary/aromatic N) is 1. The summed E-state index contributed by atoms with van der Waals surface area (Å²) in [6.07, 6.45) is 1.11. The van der Waals surface area contributed by atoms with Gasteiger partial charge < -0.3 is 0 Å². The highest BCUT2D eigenvalue weighted by Gasteiger charge is 2.16. The third-order valence-corrected chi connectivity index (χ3v) is 4.66. The number of halogens is 2. The zero-order valence-corrected chi connectivity index (χ0v) is 13.1. The molecule has 0 aliphatic heterocycles. The lowest BCUT2D eigenvalue weighted by Gasteiger charge is -2.08. The van der Waals surface area contributed by atoms with Crippen LogP contribution in [-0.4, -0.2) is 19.2 Å². The van der Waals surface area contributed by atoms with E-state index in [0.717, 1.165) is 6.20 Å². The third kappa shape index (κ3) is 3.72. The fourth-order valence-corrected chi connectivity index (χ4v) is 2.90. The molecule has 21 heavy (non-hydrogen) atoms. The van der Waals surface area contributed by atoms with E-state index < -0.39 is 10.0 Å². The monoisotopic (exact) mass is 344 g/mol. The van der Waals surface area contributed by atoms with Crippen molar-refractivity contribution >= 4 is 44.7 Å². The number of ketones is 1. The van der Waals surface area contributed by atoms with Crippen LogP contribution in [0.2, 0.25) is 10.2 Å². The van der Waals surface area contributed by atoms with Crippen LogP contribution in [0.25, 0.3) is 0 Å². The molecular weight excluding hydrogens is 335 g/mol. The highest BCUT2D eigenvalue weighted by molar-refractivity contribution is 7.92. The van der Waals surface area contributed by atoms with Gasteiger partial charge in [-0.15, -0.1) is 0 Å². The Morgan fingerprint density at radius 2 is 1.81 bits per heavy atom. The standard InChI is InChI=1S/C13H10Cl2N2O3S/c1-8(18)9-2-4-10(5-3-9)17-21(19,20)11-6-12(14)13(15)16-7-11/h2-7,17H,1H3. The second kappa shape index (κ2) is 6.01. The average Bonchev–Trinajstić information content (AvgIpc) is 2.42. The van der Waals surface area contributed by atoms with Gasteiger partial charge in [-0.25, -0.2) is 13.4 Å². The Balaban J connectivity index is 2.28. The van der Waals surface area contributed by atoms with Gasteiger partial charge in [0.25, 0.3) is 10.0 Å². The van der Waals surface area contributed by atoms with E-state index in [9.17, 15) is 13.2 Å². The molecule has 0 bridgehead atoms. The maximum atomic E-state index is 12.2. The SMILES string of the molecule is CC(=O)c1ccc(NS(=O)(=O)c2cnc(Cl)c(Cl)c2)cc1. The van der Waals surface area contributed by atoms with E-state index in [1.807, 2.05) is 0 Å². The van der Waals surface area contributed by atoms with Crippen molar-refractivity contribution in [3.63, 3.8) is 0 Å². The van der Waals surface area contributed by atoms with E-state index in [0.29, 0.717) is 11.3 Å². The van der Waals surface area contributed by atoms with Gasteiger partial charge in [-0.1, -0.05) is 23.2 Å². The molecule has 2 rings (SSSR count). The highest BCUT2D eigenvalue weighted by Crippen LogP contribution is 2.23. The first kappa shape index (κ1) is 15.8. The van der Waals surface area contributed by atoms with Crippen molar-refractivity contribution in [1.82, 2.24) is 4.98 Å². The minimum atomic E-state index is -3.83. The highest BCUT2D eigenvalue weighted by atomic mass is 35.5. The number of rotatable bonds is 4. The lowest BCUT2D eigenvalue weighted by atomic mass is 10.1. The maximum absolute atomic E-state index is 12.2. The van der Waals surface area contributed by atoms with E-state index >= 15 is 0 Å². The first-order valence-corrected chi connectivity index (χ1v) is 7.98. The first-order chi connectivity index (χ1) is 9.79. The van der Waals surface area contributed by atoms with Crippen LogP contribution in [0.4, 0.5) is 5.69 Å². The maximum Gasteiger partial charge on any atom is 0.263 e. The molecule has 0 radical (unpaired) electrons. The molecule has 0 saturated carbocycles. The largest absolute Gasteiger partial charge is 0.295 e. The van der Waals surface area contributed by atoms with Gasteiger partial charge >= 0.3 is 0 Å². The fourth-order valence-electron chi connectivity index (χ4n) is 1.54. The third-order valence-electron chi connectivity index (χ3n) is 2.63. The first-order valence-electron chi connectivity index (χ1n) is 5.74. The van der Waals surface area contributed by atoms with Crippen molar-refractivity contribution in [1.29, 1.82) is 0 Å². The molecular formula is C13H10Cl2N2O3S. The van der Waals surface area contributed by atoms with Crippen LogP contribution >= 0.6 is 23.2 Å². The summed E-state index contributed by atoms with van der Waals surface area (Å²) in [6, 6.07) is 7.28. The molecule has 5 nitrogen and oxygen atoms in total. The molecule has 1 aromatic carbocycles. The average molecular weight is 345 g/mol. The van der Waals surface area contributed by atoms with E-state index in [1.165, 1.54) is 37.3 Å². The second-order valence-electron chi connectivity index (χ2n) is 4.18. The second-order valence-corrected chi connectivity index (χ2v) is 6.63. The van der Waals surface area contributed by atoms with Crippen molar-refractivity contribution in [3.05, 3.63) is 52.3 Å². The van der Waals surface area contributed by atoms with Gasteiger partial charge in [0.05, 0.1) is 5.02 Å². The predicted octanol–water partition coefficient (Wildman–Crippen LogP) is 3.39. The van der Waals surface area contributed by atoms with Gasteiger partial charge in [0.1, 0.15) is 10.0 Å². The summed E-state index contributed by atoms with van der Waals surface area (Å²) < 4.78 is 26.7. The van der Waals surface area contributed by atoms with Crippen molar-refractivity contribution in [3.8, 4) is 0 Å². The van der Waals surface area contributed by atoms with Crippen LogP contribution in [0.15, 0.2) is 41.4 Å². The minimum absolute atomic E-state index is 0.0291. The van der Waals surface area contributed by atoms with E-state index in [-0.39, 0.29) is 20.9 Å². The molecule has 0 saturated heterocycles. The molecule has 0 amide bonds. The van der Waals surface area contributed by atoms with Crippen molar-refractivity contribution in [2.75, 3.05) is 4.72 Å². The fraction of sp³-hybridized carbons (Fsp3) is 0.0769. The zero-order chi connectivity index (χ0) is 15.6. The number of anilines is 1. The van der Waals surface area contributed by atoms with Crippen molar-refractivity contribution in [2.45, 2.75) is 11.8 Å². The molecule has 0 atom stereocenters. The Hall–Kier alpha value is -1.63. The molecule has 1 aromatic heterocycles. The number of Topliss-reactive ketones (excluding diaryl/α,β-unsaturated/α-hetero) is 1. The zero-order valence-electron chi connectivity index (χ0n) is 10.8. The summed E-state index contributed by atoms with van der Waals surface area (Å²) in [7, 11) is -3.83. The summed E-state index contributed by atoms with van der Waals surface area (Å²) in [5, 5.41) is 0.0768. The molecule has 0 fully saturated rings. The van der Waals surface area contributed by atoms with Crippen LogP contribution in [0, 0.1) is 0 Å². The molecule has 1 heterocycles. The quantitative estimate of drug-likeness (QED) is 0.681. The number of sulfonamides is 1. The summed E-state index contributed by atoms with van der Waals surface area (Å²) in [6.45, 7) is 1.43. The smallest absolute Gasteiger partial charge is 0.263 e. The molecule has 1 N–H and O–H groups in total. The number of hydrogen-bond donors (Lipinski definition) is 1. The van der Waals surface area contributed by atoms with Crippen LogP contribution in [0.1, 0.15) is 17.3 Å². The number of aromatic nitrogens is 1. The van der Waals surface area contributed by atoms with Gasteiger partial charge in [-0.3, -0.25) is 9.52 Å². The normalized spacial score (nSPS) is 11.2. The number of carbonyl (C=O) groups is 1. The molecule has 110 valence electrons. The van der Waals surface area contributed by atoms with Gasteiger partial charge in [-0.2, -0.15) is 0 Å². The van der Waals surface area contributed by atoms with E-state index in [4.69, 9.17) is 23.2 Å². The van der Waals surface area contributed by atoms with E-state index in [2.05, 4.69) is 9.71 Å². The predicted molar refractivity (Wildman–Crippen MR) is 81.5 cm³/mol. The Morgan fingerprint density at radius 3 is 2.33 bits per heavy atom. The molecule has 8 heteroatoms. The lowest BCUT2D eigenvalue weighted by Crippen LogP contribution is -2.13. The van der Waals surface area contributed by atoms with Gasteiger partial charge in [0, 0.05) is 17.4 Å². The van der Waals surface area contributed by atoms with Crippen molar-refractivity contribution < 1.29 is 13.2 Å². The van der Waals surface area contributed by atoms with Crippen LogP contribution in [0.5, 0.6) is 0 Å². The number of nitrogens with one attached hydrogen (secondary N) is 1. The molecule has 0 unspecified atom stereocenters. The lowest BCUT2D eigenvalue weighted by molar-refractivity contribution is 0.101. The molecule has 0 aliphatic rings. The number of hydrogen-bond acceptors (Lipinski definition) is 4. The Kier molecular flexibility index (Phi) is 4.51. The summed E-state index contributed by atoms with van der Waals surface area (Å²) in [4.78, 5) is 14.7. The summed E-state index contributed by atoms with van der Waals surface area (Å²) in [5.41, 5.74) is 0.820. The molecule has 2 aromatic rings. The summed E-state index contributed by atoms with van der Waals surface area (Å²) >= 11 is 11.4. The molecule has 0 aliphatic carbocycles. The van der Waals surface area contributed by atoms with Gasteiger partial charge in [0.2, 0.25) is 0 Å². The summed E-state index contributed by atoms with van der Waals surface area (Å²) in [5.74, 6) is -0.0990. The van der Waals surface area contributed by atoms with Crippen molar-refractivity contribution in [2.24, 2.45) is 0 Å². The van der Waals surface area contributed by atoms with Crippen LogP contribution < -0.4 is 4.72 Å². The van der Waals surface area contributed by atoms with E-state index in [1.54, 1.807) is 0 Å². The minimum Gasteiger partial charge on any atom is -0.295 e. The van der Waals surface area contributed by atoms with Gasteiger partial charge in [0.15, 0.2) is 5.78 Å². The topological polar surface area (TPSA) is 76.1 Å².